The maximum Gasteiger partial charge on any atom is 0.157 e. The van der Waals surface area contributed by atoms with Crippen LogP contribution in [0.1, 0.15) is 20.8 Å². The molecule has 0 bridgehead atoms. The van der Waals surface area contributed by atoms with Crippen molar-refractivity contribution in [3.8, 4) is 0 Å². The number of ketones is 1. The second-order valence-corrected chi connectivity index (χ2v) is 2.14. The lowest BCUT2D eigenvalue weighted by Gasteiger charge is -1.89. The minimum atomic E-state index is 0.0185. The third-order valence-corrected chi connectivity index (χ3v) is 1.02. The number of aliphatic imine (C=N–C) groups is 1. The number of allylic oxidation sites excluding steroid dienone is 1. The first-order valence-corrected chi connectivity index (χ1v) is 3.01. The molecule has 56 valence electrons. The van der Waals surface area contributed by atoms with Crippen LogP contribution in [0.15, 0.2) is 16.8 Å². The minimum Gasteiger partial charge on any atom is -0.387 e. The fourth-order valence-corrected chi connectivity index (χ4v) is 0.290. The van der Waals surface area contributed by atoms with Crippen molar-refractivity contribution in [2.24, 2.45) is 10.7 Å². The summed E-state index contributed by atoms with van der Waals surface area (Å²) in [5, 5.41) is 0. The second-order valence-electron chi connectivity index (χ2n) is 2.14. The van der Waals surface area contributed by atoms with E-state index < -0.39 is 0 Å². The van der Waals surface area contributed by atoms with E-state index in [4.69, 9.17) is 5.73 Å². The summed E-state index contributed by atoms with van der Waals surface area (Å²) in [4.78, 5) is 14.3. The van der Waals surface area contributed by atoms with Gasteiger partial charge in [-0.15, -0.1) is 0 Å². The van der Waals surface area contributed by atoms with Gasteiger partial charge in [-0.3, -0.25) is 4.79 Å². The van der Waals surface area contributed by atoms with E-state index in [-0.39, 0.29) is 5.78 Å². The highest BCUT2D eigenvalue weighted by Crippen LogP contribution is 1.93. The maximum absolute atomic E-state index is 10.6. The van der Waals surface area contributed by atoms with Gasteiger partial charge >= 0.3 is 0 Å². The Kier molecular flexibility index (Phi) is 3.39. The first-order valence-electron chi connectivity index (χ1n) is 3.01. The third kappa shape index (κ3) is 3.83. The summed E-state index contributed by atoms with van der Waals surface area (Å²) >= 11 is 0. The zero-order valence-electron chi connectivity index (χ0n) is 6.51. The van der Waals surface area contributed by atoms with Gasteiger partial charge in [0.1, 0.15) is 0 Å². The zero-order valence-corrected chi connectivity index (χ0v) is 6.51. The molecule has 0 aromatic carbocycles. The monoisotopic (exact) mass is 140 g/mol. The lowest BCUT2D eigenvalue weighted by Crippen LogP contribution is -2.04. The van der Waals surface area contributed by atoms with Crippen molar-refractivity contribution in [3.05, 3.63) is 11.8 Å². The Morgan fingerprint density at radius 1 is 1.40 bits per heavy atom. The molecule has 0 aliphatic rings. The molecule has 0 atom stereocenters. The largest absolute Gasteiger partial charge is 0.387 e. The molecule has 0 aromatic heterocycles. The molecule has 0 fully saturated rings. The molecule has 3 heteroatoms. The molecule has 2 N–H and O–H groups in total. The fourth-order valence-electron chi connectivity index (χ4n) is 0.290. The van der Waals surface area contributed by atoms with E-state index in [0.717, 1.165) is 0 Å². The number of nitrogens with two attached hydrogens (primary N) is 1. The fraction of sp³-hybridized carbons (Fsp3) is 0.429. The molecular formula is C7H12N2O. The summed E-state index contributed by atoms with van der Waals surface area (Å²) in [6.07, 6.45) is 1.47. The lowest BCUT2D eigenvalue weighted by molar-refractivity contribution is -0.113. The summed E-state index contributed by atoms with van der Waals surface area (Å²) in [5.74, 6) is 0.477. The predicted octanol–water partition coefficient (Wildman–Crippen LogP) is 0.856. The number of carbonyl (C=O) groups is 1. The van der Waals surface area contributed by atoms with Crippen molar-refractivity contribution in [2.45, 2.75) is 20.8 Å². The van der Waals surface area contributed by atoms with Crippen molar-refractivity contribution in [1.82, 2.24) is 0 Å². The standard InChI is InChI=1S/C7H12N2O/c1-5(6(2)10)4-9-7(3)8/h4H,1-3H3,(H2,8,9)/b5-4+. The molecule has 0 rings (SSSR count). The quantitative estimate of drug-likeness (QED) is 0.351. The van der Waals surface area contributed by atoms with E-state index in [1.165, 1.54) is 13.1 Å². The first-order chi connectivity index (χ1) is 4.54. The van der Waals surface area contributed by atoms with Crippen molar-refractivity contribution in [3.63, 3.8) is 0 Å². The molecule has 0 radical (unpaired) electrons. The Balaban J connectivity index is 4.19. The summed E-state index contributed by atoms with van der Waals surface area (Å²) in [7, 11) is 0. The van der Waals surface area contributed by atoms with E-state index in [9.17, 15) is 4.79 Å². The third-order valence-electron chi connectivity index (χ3n) is 1.02. The predicted molar refractivity (Wildman–Crippen MR) is 41.7 cm³/mol. The second kappa shape index (κ2) is 3.82. The molecule has 0 saturated carbocycles. The molecule has 10 heavy (non-hydrogen) atoms. The molecule has 0 aromatic rings. The number of nitrogens with zero attached hydrogens (tertiary/aromatic N) is 1. The molecule has 0 unspecified atom stereocenters. The van der Waals surface area contributed by atoms with Crippen molar-refractivity contribution < 1.29 is 4.79 Å². The minimum absolute atomic E-state index is 0.0185. The average molecular weight is 140 g/mol. The number of rotatable bonds is 2. The van der Waals surface area contributed by atoms with Crippen molar-refractivity contribution in [2.75, 3.05) is 0 Å². The number of carbonyl (C=O) groups excluding carboxylic acids is 1. The van der Waals surface area contributed by atoms with Crippen LogP contribution in [-0.2, 0) is 4.79 Å². The van der Waals surface area contributed by atoms with Gasteiger partial charge in [0.2, 0.25) is 0 Å². The Hall–Kier alpha value is -1.12. The van der Waals surface area contributed by atoms with Gasteiger partial charge in [-0.05, 0) is 20.8 Å². The maximum atomic E-state index is 10.6. The van der Waals surface area contributed by atoms with Crippen molar-refractivity contribution >= 4 is 11.6 Å². The summed E-state index contributed by atoms with van der Waals surface area (Å²) < 4.78 is 0. The number of hydrogen-bond donors (Lipinski definition) is 1. The van der Waals surface area contributed by atoms with E-state index in [1.54, 1.807) is 13.8 Å². The van der Waals surface area contributed by atoms with Crippen LogP contribution in [0.5, 0.6) is 0 Å². The average Bonchev–Trinajstić information content (AvgIpc) is 1.82. The SMILES string of the molecule is CC(=O)/C(C)=C/N=C(\C)N. The van der Waals surface area contributed by atoms with E-state index >= 15 is 0 Å². The highest BCUT2D eigenvalue weighted by molar-refractivity contribution is 5.92. The zero-order chi connectivity index (χ0) is 8.15. The van der Waals surface area contributed by atoms with Gasteiger partial charge in [0.15, 0.2) is 5.78 Å². The van der Waals surface area contributed by atoms with Gasteiger partial charge in [-0.2, -0.15) is 0 Å². The van der Waals surface area contributed by atoms with Gasteiger partial charge in [0.25, 0.3) is 0 Å². The molecule has 3 nitrogen and oxygen atoms in total. The van der Waals surface area contributed by atoms with Gasteiger partial charge in [-0.1, -0.05) is 0 Å². The number of Topliss-reactive ketones (excluding diaryl/α,β-unsaturated/α-hetero) is 1. The Morgan fingerprint density at radius 3 is 2.20 bits per heavy atom. The van der Waals surface area contributed by atoms with Crippen LogP contribution in [0.4, 0.5) is 0 Å². The van der Waals surface area contributed by atoms with Gasteiger partial charge < -0.3 is 5.73 Å². The normalized spacial score (nSPS) is 13.5. The van der Waals surface area contributed by atoms with Crippen LogP contribution in [0.3, 0.4) is 0 Å². The smallest absolute Gasteiger partial charge is 0.157 e. The number of hydrogen-bond acceptors (Lipinski definition) is 2. The topological polar surface area (TPSA) is 55.5 Å². The highest BCUT2D eigenvalue weighted by Gasteiger charge is 1.92. The van der Waals surface area contributed by atoms with Gasteiger partial charge in [0.05, 0.1) is 5.84 Å². The van der Waals surface area contributed by atoms with Gasteiger partial charge in [-0.25, -0.2) is 4.99 Å². The molecule has 0 heterocycles. The Labute approximate surface area is 60.6 Å². The summed E-state index contributed by atoms with van der Waals surface area (Å²) in [6, 6.07) is 0. The molecule has 0 spiro atoms. The first kappa shape index (κ1) is 8.88. The van der Waals surface area contributed by atoms with Crippen molar-refractivity contribution in [1.29, 1.82) is 0 Å². The van der Waals surface area contributed by atoms with Crippen LogP contribution < -0.4 is 5.73 Å². The Bertz CT molecular complexity index is 188. The summed E-state index contributed by atoms with van der Waals surface area (Å²) in [5.41, 5.74) is 5.85. The number of amidine groups is 1. The van der Waals surface area contributed by atoms with E-state index in [0.29, 0.717) is 11.4 Å². The molecule has 0 aliphatic carbocycles. The molecule has 0 aliphatic heterocycles. The Morgan fingerprint density at radius 2 is 1.90 bits per heavy atom. The lowest BCUT2D eigenvalue weighted by atomic mass is 10.2. The molecule has 0 saturated heterocycles. The van der Waals surface area contributed by atoms with Gasteiger partial charge in [0, 0.05) is 11.8 Å². The van der Waals surface area contributed by atoms with Crippen LogP contribution in [0, 0.1) is 0 Å². The van der Waals surface area contributed by atoms with Crippen LogP contribution in [0.25, 0.3) is 0 Å². The van der Waals surface area contributed by atoms with Crippen LogP contribution in [0.2, 0.25) is 0 Å². The van der Waals surface area contributed by atoms with Crippen LogP contribution in [-0.4, -0.2) is 11.6 Å². The van der Waals surface area contributed by atoms with Crippen LogP contribution >= 0.6 is 0 Å². The summed E-state index contributed by atoms with van der Waals surface area (Å²) in [6.45, 7) is 4.87. The highest BCUT2D eigenvalue weighted by atomic mass is 16.1. The van der Waals surface area contributed by atoms with E-state index in [1.807, 2.05) is 0 Å². The van der Waals surface area contributed by atoms with E-state index in [2.05, 4.69) is 4.99 Å². The molecule has 0 amide bonds. The molecular weight excluding hydrogens is 128 g/mol.